The zero-order chi connectivity index (χ0) is 37.8. The predicted octanol–water partition coefficient (Wildman–Crippen LogP) is 3.24. The van der Waals surface area contributed by atoms with Crippen LogP contribution in [0.4, 0.5) is 4.79 Å². The Kier molecular flexibility index (Phi) is 5.84. The zero-order valence-corrected chi connectivity index (χ0v) is 22.9. The molecule has 0 aliphatic carbocycles. The molecule has 0 saturated carbocycles. The van der Waals surface area contributed by atoms with E-state index in [4.69, 9.17) is 32.4 Å². The molecular formula is C29H37N3O8S. The summed E-state index contributed by atoms with van der Waals surface area (Å²) in [4.78, 5) is 12.9. The van der Waals surface area contributed by atoms with E-state index >= 15 is 0 Å². The van der Waals surface area contributed by atoms with Gasteiger partial charge in [0.15, 0.2) is 11.9 Å². The average molecular weight is 598 g/mol. The van der Waals surface area contributed by atoms with Gasteiger partial charge in [0.25, 0.3) is 0 Å². The van der Waals surface area contributed by atoms with E-state index in [9.17, 15) is 18.3 Å². The molecule has 12 heteroatoms. The summed E-state index contributed by atoms with van der Waals surface area (Å²) in [6.07, 6.45) is -7.05. The van der Waals surface area contributed by atoms with Gasteiger partial charge in [-0.2, -0.15) is 4.31 Å². The third kappa shape index (κ3) is 6.73. The molecule has 0 spiro atoms. The second-order valence-electron chi connectivity index (χ2n) is 9.82. The smallest absolute Gasteiger partial charge is 0.407 e. The van der Waals surface area contributed by atoms with Crippen LogP contribution in [0.5, 0.6) is 0 Å². The molecule has 2 saturated heterocycles. The van der Waals surface area contributed by atoms with Crippen molar-refractivity contribution in [3.8, 4) is 0 Å². The number of aromatic nitrogens is 1. The number of carbonyl (C=O) groups is 1. The Morgan fingerprint density at radius 3 is 2.88 bits per heavy atom. The number of benzene rings is 2. The van der Waals surface area contributed by atoms with Gasteiger partial charge in [0.2, 0.25) is 10.0 Å². The van der Waals surface area contributed by atoms with Crippen LogP contribution in [0.25, 0.3) is 11.0 Å². The number of hydrogen-bond donors (Lipinski definition) is 2. The molecule has 1 aromatic heterocycles. The topological polar surface area (TPSA) is 140 Å². The second-order valence-corrected chi connectivity index (χ2v) is 11.8. The maximum Gasteiger partial charge on any atom is 0.407 e. The summed E-state index contributed by atoms with van der Waals surface area (Å²) in [5.41, 5.74) is 1.07. The van der Waals surface area contributed by atoms with Gasteiger partial charge in [-0.25, -0.2) is 13.2 Å². The molecule has 2 aliphatic heterocycles. The summed E-state index contributed by atoms with van der Waals surface area (Å²) in [6.45, 7) is -10.6. The molecule has 0 radical (unpaired) electrons. The largest absolute Gasteiger partial charge is 0.443 e. The SMILES string of the molecule is [2H]C([2H])([2H])C([2H])(CN(C[C@@H](O)[C@H](Cc1ccccc1)NC(=O)O[C@]1([2H])[C@@H]2CCO[C@@H]2OC1([2H])[2H])S(=O)(=O)c1ccc2onc(C)c2c1)C([2H])([2H])[2H]. The summed E-state index contributed by atoms with van der Waals surface area (Å²) in [5.74, 6) is -4.37. The molecule has 1 amide bonds. The standard InChI is InChI=1S/C29H37N3O8S/c1-18(2)15-32(41(35,36)21-9-10-26-23(14-21)19(3)31-40-26)16-25(33)24(13-20-7-5-4-6-8-20)30-29(34)39-27-17-38-28-22(27)11-12-37-28/h4-10,14,18,22,24-25,27-28,33H,11-13,15-17H2,1-3H3,(H,30,34)/t22-,24-,25+,27-,28+/m0/s1/i1D3,2D3,17D2,18D,27D. The first-order chi connectivity index (χ1) is 23.5. The maximum atomic E-state index is 14.2. The fourth-order valence-corrected chi connectivity index (χ4v) is 6.22. The summed E-state index contributed by atoms with van der Waals surface area (Å²) in [7, 11) is -4.89. The Hall–Kier alpha value is -3.03. The molecule has 2 aliphatic rings. The number of sulfonamides is 1. The summed E-state index contributed by atoms with van der Waals surface area (Å²) < 4.78 is 131. The molecule has 5 atom stereocenters. The number of fused-ring (bicyclic) bond motifs is 2. The highest BCUT2D eigenvalue weighted by molar-refractivity contribution is 7.89. The number of alkyl carbamates (subject to hydrolysis) is 1. The van der Waals surface area contributed by atoms with Crippen molar-refractivity contribution in [2.45, 2.75) is 62.9 Å². The molecule has 0 bridgehead atoms. The number of amides is 1. The van der Waals surface area contributed by atoms with E-state index in [1.54, 1.807) is 37.3 Å². The van der Waals surface area contributed by atoms with Crippen LogP contribution in [0.2, 0.25) is 0 Å². The lowest BCUT2D eigenvalue weighted by Crippen LogP contribution is -2.51. The monoisotopic (exact) mass is 597 g/mol. The summed E-state index contributed by atoms with van der Waals surface area (Å²) in [6, 6.07) is 10.4. The highest BCUT2D eigenvalue weighted by Gasteiger charge is 2.44. The van der Waals surface area contributed by atoms with Gasteiger partial charge >= 0.3 is 6.09 Å². The number of carbonyl (C=O) groups excluding carboxylic acids is 1. The van der Waals surface area contributed by atoms with Crippen LogP contribution >= 0.6 is 0 Å². The van der Waals surface area contributed by atoms with Crippen molar-refractivity contribution in [1.82, 2.24) is 14.8 Å². The van der Waals surface area contributed by atoms with Gasteiger partial charge in [-0.05, 0) is 49.4 Å². The minimum atomic E-state index is -4.89. The van der Waals surface area contributed by atoms with Crippen molar-refractivity contribution in [3.05, 3.63) is 59.8 Å². The third-order valence-corrected chi connectivity index (χ3v) is 8.71. The molecule has 0 unspecified atom stereocenters. The molecule has 2 N–H and O–H groups in total. The fourth-order valence-electron chi connectivity index (χ4n) is 4.76. The molecule has 2 aromatic carbocycles. The quantitative estimate of drug-likeness (QED) is 0.341. The molecule has 3 heterocycles. The molecule has 222 valence electrons. The van der Waals surface area contributed by atoms with E-state index < -0.39 is 90.7 Å². The average Bonchev–Trinajstić information content (AvgIpc) is 3.69. The first kappa shape index (κ1) is 19.2. The number of ether oxygens (including phenoxy) is 3. The van der Waals surface area contributed by atoms with Crippen molar-refractivity contribution in [3.63, 3.8) is 0 Å². The van der Waals surface area contributed by atoms with Gasteiger partial charge in [0.05, 0.1) is 45.9 Å². The lowest BCUT2D eigenvalue weighted by atomic mass is 10.0. The van der Waals surface area contributed by atoms with Crippen LogP contribution in [0.1, 0.15) is 45.1 Å². The predicted molar refractivity (Wildman–Crippen MR) is 149 cm³/mol. The molecule has 3 aromatic rings. The van der Waals surface area contributed by atoms with Crippen molar-refractivity contribution in [2.24, 2.45) is 11.8 Å². The van der Waals surface area contributed by atoms with Crippen molar-refractivity contribution in [2.75, 3.05) is 26.3 Å². The number of nitrogens with zero attached hydrogens (tertiary/aromatic N) is 2. The lowest BCUT2D eigenvalue weighted by molar-refractivity contribution is -0.0907. The Balaban J connectivity index is 1.51. The summed E-state index contributed by atoms with van der Waals surface area (Å²) in [5, 5.41) is 18.1. The Morgan fingerprint density at radius 2 is 2.10 bits per heavy atom. The molecule has 2 fully saturated rings. The van der Waals surface area contributed by atoms with Crippen molar-refractivity contribution in [1.29, 1.82) is 0 Å². The number of aliphatic hydroxyl groups is 1. The Labute approximate surface area is 253 Å². The normalized spacial score (nSPS) is 29.7. The van der Waals surface area contributed by atoms with E-state index in [-0.39, 0.29) is 30.4 Å². The second kappa shape index (κ2) is 12.5. The highest BCUT2D eigenvalue weighted by Crippen LogP contribution is 2.33. The van der Waals surface area contributed by atoms with Gasteiger partial charge in [0.1, 0.15) is 6.08 Å². The first-order valence-electron chi connectivity index (χ1n) is 17.9. The molecule has 11 nitrogen and oxygen atoms in total. The van der Waals surface area contributed by atoms with Crippen molar-refractivity contribution < 1.29 is 50.8 Å². The number of aryl methyl sites for hydroxylation is 1. The van der Waals surface area contributed by atoms with E-state index in [0.29, 0.717) is 15.6 Å². The fraction of sp³-hybridized carbons (Fsp3) is 0.517. The number of aliphatic hydroxyl groups excluding tert-OH is 1. The van der Waals surface area contributed by atoms with E-state index in [0.717, 1.165) is 6.07 Å². The van der Waals surface area contributed by atoms with E-state index in [2.05, 4.69) is 10.5 Å². The molecule has 41 heavy (non-hydrogen) atoms. The maximum absolute atomic E-state index is 14.2. The minimum absolute atomic E-state index is 0.129. The lowest BCUT2D eigenvalue weighted by Gasteiger charge is -2.31. The van der Waals surface area contributed by atoms with Crippen molar-refractivity contribution >= 4 is 27.1 Å². The minimum Gasteiger partial charge on any atom is -0.443 e. The highest BCUT2D eigenvalue weighted by atomic mass is 32.2. The van der Waals surface area contributed by atoms with Crippen LogP contribution in [-0.2, 0) is 30.7 Å². The third-order valence-electron chi connectivity index (χ3n) is 6.91. The van der Waals surface area contributed by atoms with Gasteiger partial charge in [0, 0.05) is 28.1 Å². The van der Waals surface area contributed by atoms with Crippen LogP contribution in [-0.4, -0.2) is 79.9 Å². The Bertz CT molecular complexity index is 1830. The van der Waals surface area contributed by atoms with Gasteiger partial charge in [-0.15, -0.1) is 0 Å². The molecular weight excluding hydrogens is 550 g/mol. The number of nitrogens with one attached hydrogen (secondary N) is 1. The Morgan fingerprint density at radius 1 is 1.29 bits per heavy atom. The van der Waals surface area contributed by atoms with Crippen LogP contribution in [0.3, 0.4) is 0 Å². The van der Waals surface area contributed by atoms with Gasteiger partial charge in [-0.1, -0.05) is 49.2 Å². The van der Waals surface area contributed by atoms with Gasteiger partial charge in [-0.3, -0.25) is 0 Å². The van der Waals surface area contributed by atoms with Crippen LogP contribution in [0, 0.1) is 18.7 Å². The number of hydrogen-bond acceptors (Lipinski definition) is 9. The van der Waals surface area contributed by atoms with E-state index in [1.165, 1.54) is 12.1 Å². The first-order valence-corrected chi connectivity index (χ1v) is 14.3. The van der Waals surface area contributed by atoms with Gasteiger partial charge < -0.3 is 29.2 Å². The van der Waals surface area contributed by atoms with Crippen LogP contribution < -0.4 is 5.32 Å². The zero-order valence-electron chi connectivity index (χ0n) is 32.1. The summed E-state index contributed by atoms with van der Waals surface area (Å²) >= 11 is 0. The van der Waals surface area contributed by atoms with E-state index in [1.807, 2.05) is 0 Å². The number of rotatable bonds is 11. The molecule has 5 rings (SSSR count). The van der Waals surface area contributed by atoms with Crippen LogP contribution in [0.15, 0.2) is 57.9 Å².